The van der Waals surface area contributed by atoms with Gasteiger partial charge in [0.15, 0.2) is 0 Å². The normalized spacial score (nSPS) is 16.4. The molecule has 0 bridgehead atoms. The fourth-order valence-corrected chi connectivity index (χ4v) is 5.12. The van der Waals surface area contributed by atoms with E-state index in [1.807, 2.05) is 28.9 Å². The topological polar surface area (TPSA) is 84.8 Å². The molecule has 3 aromatic heterocycles. The van der Waals surface area contributed by atoms with Crippen molar-refractivity contribution in [2.45, 2.75) is 32.2 Å². The van der Waals surface area contributed by atoms with E-state index in [2.05, 4.69) is 67.8 Å². The number of aryl methyl sites for hydroxylation is 1. The number of fused-ring (bicyclic) bond motifs is 1. The maximum atomic E-state index is 5.36. The van der Waals surface area contributed by atoms with Crippen LogP contribution in [0.15, 0.2) is 67.1 Å². The van der Waals surface area contributed by atoms with E-state index >= 15 is 0 Å². The molecular formula is C28H29N7O. The number of likely N-dealkylation sites (tertiary alicyclic amines) is 1. The molecule has 1 N–H and O–H groups in total. The van der Waals surface area contributed by atoms with Crippen LogP contribution >= 0.6 is 0 Å². The van der Waals surface area contributed by atoms with Gasteiger partial charge in [0.2, 0.25) is 0 Å². The molecule has 36 heavy (non-hydrogen) atoms. The average Bonchev–Trinajstić information content (AvgIpc) is 3.58. The van der Waals surface area contributed by atoms with Crippen molar-refractivity contribution in [1.29, 1.82) is 0 Å². The quantitative estimate of drug-likeness (QED) is 0.373. The van der Waals surface area contributed by atoms with Gasteiger partial charge in [0.05, 0.1) is 30.2 Å². The molecule has 1 fully saturated rings. The van der Waals surface area contributed by atoms with Gasteiger partial charge < -0.3 is 4.74 Å². The maximum absolute atomic E-state index is 5.36. The van der Waals surface area contributed by atoms with Crippen molar-refractivity contribution in [2.24, 2.45) is 0 Å². The highest BCUT2D eigenvalue weighted by molar-refractivity contribution is 5.94. The number of nitrogens with one attached hydrogen (secondary N) is 1. The van der Waals surface area contributed by atoms with Crippen LogP contribution in [0.1, 0.15) is 35.6 Å². The maximum Gasteiger partial charge on any atom is 0.119 e. The lowest BCUT2D eigenvalue weighted by atomic mass is 9.94. The fourth-order valence-electron chi connectivity index (χ4n) is 5.12. The molecule has 0 aliphatic carbocycles. The molecule has 2 aromatic carbocycles. The van der Waals surface area contributed by atoms with Gasteiger partial charge in [-0.05, 0) is 79.9 Å². The Hall–Kier alpha value is -4.04. The molecule has 1 aliphatic rings. The number of pyridine rings is 1. The number of piperidine rings is 1. The summed E-state index contributed by atoms with van der Waals surface area (Å²) in [7, 11) is 1.71. The Morgan fingerprint density at radius 1 is 1.08 bits per heavy atom. The summed E-state index contributed by atoms with van der Waals surface area (Å²) >= 11 is 0. The predicted molar refractivity (Wildman–Crippen MR) is 139 cm³/mol. The Morgan fingerprint density at radius 3 is 2.81 bits per heavy atom. The Morgan fingerprint density at radius 2 is 1.97 bits per heavy atom. The van der Waals surface area contributed by atoms with Crippen molar-refractivity contribution in [3.63, 3.8) is 0 Å². The zero-order chi connectivity index (χ0) is 24.5. The van der Waals surface area contributed by atoms with Gasteiger partial charge in [-0.3, -0.25) is 15.0 Å². The zero-order valence-corrected chi connectivity index (χ0v) is 20.6. The molecular weight excluding hydrogens is 450 g/mol. The molecule has 8 heteroatoms. The highest BCUT2D eigenvalue weighted by Crippen LogP contribution is 2.30. The van der Waals surface area contributed by atoms with Crippen LogP contribution in [0.25, 0.3) is 27.8 Å². The Labute approximate surface area is 209 Å². The van der Waals surface area contributed by atoms with E-state index in [0.29, 0.717) is 5.92 Å². The summed E-state index contributed by atoms with van der Waals surface area (Å²) < 4.78 is 7.24. The first-order valence-electron chi connectivity index (χ1n) is 12.3. The predicted octanol–water partition coefficient (Wildman–Crippen LogP) is 4.90. The number of nitrogens with zero attached hydrogens (tertiary/aromatic N) is 6. The number of H-pyrrole nitrogens is 1. The second kappa shape index (κ2) is 9.54. The minimum atomic E-state index is 0.371. The van der Waals surface area contributed by atoms with E-state index in [1.54, 1.807) is 19.5 Å². The van der Waals surface area contributed by atoms with Crippen molar-refractivity contribution in [1.82, 2.24) is 35.1 Å². The highest BCUT2D eigenvalue weighted by atomic mass is 16.5. The van der Waals surface area contributed by atoms with Gasteiger partial charge in [-0.25, -0.2) is 4.68 Å². The number of benzene rings is 2. The summed E-state index contributed by atoms with van der Waals surface area (Å²) in [6, 6.07) is 16.5. The van der Waals surface area contributed by atoms with Crippen molar-refractivity contribution in [2.75, 3.05) is 20.2 Å². The zero-order valence-electron chi connectivity index (χ0n) is 20.6. The molecule has 6 rings (SSSR count). The van der Waals surface area contributed by atoms with E-state index < -0.39 is 0 Å². The Balaban J connectivity index is 1.21. The number of aromatic nitrogens is 6. The van der Waals surface area contributed by atoms with Crippen LogP contribution in [0.5, 0.6) is 5.75 Å². The first-order chi connectivity index (χ1) is 17.7. The molecule has 0 spiro atoms. The summed E-state index contributed by atoms with van der Waals surface area (Å²) in [5.41, 5.74) is 7.56. The monoisotopic (exact) mass is 479 g/mol. The molecule has 0 radical (unpaired) electrons. The summed E-state index contributed by atoms with van der Waals surface area (Å²) in [5.74, 6) is 1.28. The van der Waals surface area contributed by atoms with Crippen LogP contribution in [0.4, 0.5) is 0 Å². The van der Waals surface area contributed by atoms with E-state index in [0.717, 1.165) is 71.8 Å². The second-order valence-corrected chi connectivity index (χ2v) is 9.49. The number of ether oxygens (including phenoxy) is 1. The van der Waals surface area contributed by atoms with Crippen molar-refractivity contribution >= 4 is 10.9 Å². The Bertz CT molecular complexity index is 1490. The number of rotatable bonds is 6. The standard InChI is InChI=1S/C28H29N7O/c1-19-14-24(36-2)7-5-21(19)16-34-13-3-4-22(17-34)27-18-35(33-31-27)23-6-8-26-25(15-23)28(32-30-26)20-9-11-29-12-10-20/h5-12,14-15,18,22H,3-4,13,16-17H2,1-2H3,(H,30,32)/t22-/m1/s1. The molecule has 5 aromatic rings. The molecule has 0 unspecified atom stereocenters. The van der Waals surface area contributed by atoms with Crippen LogP contribution < -0.4 is 4.74 Å². The molecule has 182 valence electrons. The minimum Gasteiger partial charge on any atom is -0.497 e. The molecule has 8 nitrogen and oxygen atoms in total. The number of aromatic amines is 1. The van der Waals surface area contributed by atoms with E-state index in [9.17, 15) is 0 Å². The molecule has 1 saturated heterocycles. The van der Waals surface area contributed by atoms with Crippen LogP contribution in [-0.2, 0) is 6.54 Å². The van der Waals surface area contributed by atoms with Crippen molar-refractivity contribution in [3.8, 4) is 22.7 Å². The van der Waals surface area contributed by atoms with E-state index in [-0.39, 0.29) is 0 Å². The average molecular weight is 480 g/mol. The highest BCUT2D eigenvalue weighted by Gasteiger charge is 2.24. The lowest BCUT2D eigenvalue weighted by Gasteiger charge is -2.32. The van der Waals surface area contributed by atoms with Gasteiger partial charge >= 0.3 is 0 Å². The number of methoxy groups -OCH3 is 1. The minimum absolute atomic E-state index is 0.371. The van der Waals surface area contributed by atoms with E-state index in [4.69, 9.17) is 4.74 Å². The smallest absolute Gasteiger partial charge is 0.119 e. The first-order valence-corrected chi connectivity index (χ1v) is 12.3. The van der Waals surface area contributed by atoms with Crippen LogP contribution in [0, 0.1) is 6.92 Å². The van der Waals surface area contributed by atoms with Gasteiger partial charge in [-0.2, -0.15) is 5.10 Å². The van der Waals surface area contributed by atoms with Gasteiger partial charge in [0, 0.05) is 42.4 Å². The van der Waals surface area contributed by atoms with Crippen LogP contribution in [0.2, 0.25) is 0 Å². The lowest BCUT2D eigenvalue weighted by Crippen LogP contribution is -2.34. The molecule has 1 atom stereocenters. The summed E-state index contributed by atoms with van der Waals surface area (Å²) in [4.78, 5) is 6.65. The Kier molecular flexibility index (Phi) is 5.95. The molecule has 4 heterocycles. The summed E-state index contributed by atoms with van der Waals surface area (Å²) in [6.45, 7) is 5.18. The SMILES string of the molecule is COc1ccc(CN2CCC[C@@H](c3cn(-c4ccc5[nH]nc(-c6ccncc6)c5c4)nn3)C2)c(C)c1. The molecule has 0 amide bonds. The van der Waals surface area contributed by atoms with Crippen molar-refractivity contribution < 1.29 is 4.74 Å². The number of hydrogen-bond acceptors (Lipinski definition) is 6. The molecule has 0 saturated carbocycles. The molecule has 1 aliphatic heterocycles. The third-order valence-corrected chi connectivity index (χ3v) is 7.14. The fraction of sp³-hybridized carbons (Fsp3) is 0.286. The third kappa shape index (κ3) is 4.35. The van der Waals surface area contributed by atoms with Gasteiger partial charge in [-0.15, -0.1) is 5.10 Å². The summed E-state index contributed by atoms with van der Waals surface area (Å²) in [5, 5.41) is 17.8. The van der Waals surface area contributed by atoms with Crippen LogP contribution in [-0.4, -0.2) is 55.3 Å². The van der Waals surface area contributed by atoms with Crippen LogP contribution in [0.3, 0.4) is 0 Å². The number of hydrogen-bond donors (Lipinski definition) is 1. The summed E-state index contributed by atoms with van der Waals surface area (Å²) in [6.07, 6.45) is 7.94. The van der Waals surface area contributed by atoms with Gasteiger partial charge in [0.1, 0.15) is 11.4 Å². The lowest BCUT2D eigenvalue weighted by molar-refractivity contribution is 0.198. The first kappa shape index (κ1) is 22.4. The van der Waals surface area contributed by atoms with E-state index in [1.165, 1.54) is 11.1 Å². The third-order valence-electron chi connectivity index (χ3n) is 7.14. The largest absolute Gasteiger partial charge is 0.497 e. The second-order valence-electron chi connectivity index (χ2n) is 9.49. The van der Waals surface area contributed by atoms with Gasteiger partial charge in [0.25, 0.3) is 0 Å². The van der Waals surface area contributed by atoms with Gasteiger partial charge in [-0.1, -0.05) is 11.3 Å². The van der Waals surface area contributed by atoms with Crippen molar-refractivity contribution in [3.05, 3.63) is 83.9 Å².